The highest BCUT2D eigenvalue weighted by Crippen LogP contribution is 2.41. The molecule has 0 saturated heterocycles. The maximum Gasteiger partial charge on any atom is 0.430 e. The van der Waals surface area contributed by atoms with E-state index in [1.807, 2.05) is 0 Å². The van der Waals surface area contributed by atoms with Crippen LogP contribution in [0.25, 0.3) is 6.08 Å². The lowest BCUT2D eigenvalue weighted by Gasteiger charge is -2.28. The molecule has 8 heteroatoms. The van der Waals surface area contributed by atoms with Crippen molar-refractivity contribution in [2.75, 3.05) is 7.11 Å². The third-order valence-electron chi connectivity index (χ3n) is 2.80. The molecule has 0 fully saturated rings. The summed E-state index contributed by atoms with van der Waals surface area (Å²) < 4.78 is 80.9. The predicted molar refractivity (Wildman–Crippen MR) is 61.9 cm³/mol. The Kier molecular flexibility index (Phi) is 3.52. The van der Waals surface area contributed by atoms with Gasteiger partial charge in [0.25, 0.3) is 6.40 Å². The lowest BCUT2D eigenvalue weighted by atomic mass is 9.99. The van der Waals surface area contributed by atoms with E-state index in [2.05, 4.69) is 9.47 Å². The first-order valence-corrected chi connectivity index (χ1v) is 5.60. The molecule has 0 aliphatic carbocycles. The van der Waals surface area contributed by atoms with E-state index in [0.717, 1.165) is 25.3 Å². The summed E-state index contributed by atoms with van der Waals surface area (Å²) in [4.78, 5) is 11.5. The maximum atomic E-state index is 13.2. The number of fused-ring (bicyclic) bond motifs is 1. The Morgan fingerprint density at radius 2 is 2.10 bits per heavy atom. The SMILES string of the molecule is [2H]C(F)(F)c1cccc2c1OC(C(F)(F)F)C(C(=O)OC)=C2. The molecule has 1 aliphatic heterocycles. The number of alkyl halides is 5. The normalized spacial score (nSPS) is 19.0. The standard InChI is InChI=1S/C13H9F5O3/c1-20-12(19)8-5-6-3-2-4-7(11(14)15)9(6)21-10(8)13(16,17)18/h2-5,10-11H,1H3/i11D. The number of hydrogen-bond acceptors (Lipinski definition) is 3. The molecule has 1 aromatic rings. The van der Waals surface area contributed by atoms with Gasteiger partial charge in [0.05, 0.1) is 18.2 Å². The molecule has 0 saturated carbocycles. The molecular formula is C13H9F5O3. The van der Waals surface area contributed by atoms with Crippen molar-refractivity contribution in [2.45, 2.75) is 18.7 Å². The number of esters is 1. The summed E-state index contributed by atoms with van der Waals surface area (Å²) in [5.74, 6) is -2.06. The third-order valence-corrected chi connectivity index (χ3v) is 2.80. The van der Waals surface area contributed by atoms with Gasteiger partial charge >= 0.3 is 12.1 Å². The number of hydrogen-bond donors (Lipinski definition) is 0. The average molecular weight is 309 g/mol. The molecule has 0 N–H and O–H groups in total. The maximum absolute atomic E-state index is 13.2. The molecule has 2 rings (SSSR count). The van der Waals surface area contributed by atoms with E-state index < -0.39 is 41.5 Å². The molecule has 0 aromatic heterocycles. The summed E-state index contributed by atoms with van der Waals surface area (Å²) in [6.45, 7) is 0. The Balaban J connectivity index is 2.63. The van der Waals surface area contributed by atoms with Gasteiger partial charge in [-0.05, 0) is 12.1 Å². The summed E-state index contributed by atoms with van der Waals surface area (Å²) in [6.07, 6.45) is -11.1. The Labute approximate surface area is 117 Å². The first-order chi connectivity index (χ1) is 10.1. The van der Waals surface area contributed by atoms with Crippen LogP contribution in [0, 0.1) is 0 Å². The molecule has 0 spiro atoms. The number of benzene rings is 1. The molecule has 3 nitrogen and oxygen atoms in total. The van der Waals surface area contributed by atoms with Crippen LogP contribution < -0.4 is 4.74 Å². The second-order valence-electron chi connectivity index (χ2n) is 4.12. The van der Waals surface area contributed by atoms with Gasteiger partial charge in [0.15, 0.2) is 0 Å². The molecular weight excluding hydrogens is 299 g/mol. The second-order valence-corrected chi connectivity index (χ2v) is 4.12. The van der Waals surface area contributed by atoms with E-state index in [4.69, 9.17) is 1.37 Å². The van der Waals surface area contributed by atoms with Crippen molar-refractivity contribution in [1.29, 1.82) is 0 Å². The van der Waals surface area contributed by atoms with Crippen LogP contribution in [-0.2, 0) is 9.53 Å². The zero-order valence-corrected chi connectivity index (χ0v) is 10.5. The highest BCUT2D eigenvalue weighted by atomic mass is 19.4. The van der Waals surface area contributed by atoms with Crippen molar-refractivity contribution < 1.29 is 37.6 Å². The van der Waals surface area contributed by atoms with E-state index in [-0.39, 0.29) is 5.56 Å². The van der Waals surface area contributed by atoms with Crippen LogP contribution in [-0.4, -0.2) is 25.4 Å². The van der Waals surface area contributed by atoms with E-state index in [1.165, 1.54) is 6.07 Å². The summed E-state index contributed by atoms with van der Waals surface area (Å²) >= 11 is 0. The molecule has 1 unspecified atom stereocenters. The van der Waals surface area contributed by atoms with E-state index in [1.54, 1.807) is 0 Å². The number of para-hydroxylation sites is 1. The molecule has 1 aliphatic rings. The number of carbonyl (C=O) groups excluding carboxylic acids is 1. The van der Waals surface area contributed by atoms with E-state index in [0.29, 0.717) is 0 Å². The van der Waals surface area contributed by atoms with Crippen molar-refractivity contribution in [3.05, 3.63) is 34.9 Å². The fraction of sp³-hybridized carbons (Fsp3) is 0.308. The zero-order valence-electron chi connectivity index (χ0n) is 11.5. The Hall–Kier alpha value is -2.12. The monoisotopic (exact) mass is 309 g/mol. The van der Waals surface area contributed by atoms with Gasteiger partial charge in [0.1, 0.15) is 7.12 Å². The van der Waals surface area contributed by atoms with E-state index >= 15 is 0 Å². The first-order valence-electron chi connectivity index (χ1n) is 6.10. The minimum Gasteiger partial charge on any atom is -0.475 e. The van der Waals surface area contributed by atoms with Gasteiger partial charge in [-0.2, -0.15) is 13.2 Å². The van der Waals surface area contributed by atoms with Crippen molar-refractivity contribution in [3.8, 4) is 5.75 Å². The first kappa shape index (κ1) is 13.8. The molecule has 21 heavy (non-hydrogen) atoms. The van der Waals surface area contributed by atoms with Gasteiger partial charge in [0, 0.05) is 5.56 Å². The van der Waals surface area contributed by atoms with Crippen LogP contribution in [0.15, 0.2) is 23.8 Å². The lowest BCUT2D eigenvalue weighted by Crippen LogP contribution is -2.40. The highest BCUT2D eigenvalue weighted by molar-refractivity contribution is 5.96. The molecule has 0 bridgehead atoms. The van der Waals surface area contributed by atoms with Crippen LogP contribution in [0.4, 0.5) is 22.0 Å². The predicted octanol–water partition coefficient (Wildman–Crippen LogP) is 3.50. The number of ether oxygens (including phenoxy) is 2. The smallest absolute Gasteiger partial charge is 0.430 e. The van der Waals surface area contributed by atoms with Gasteiger partial charge < -0.3 is 9.47 Å². The number of methoxy groups -OCH3 is 1. The Morgan fingerprint density at radius 1 is 1.43 bits per heavy atom. The van der Waals surface area contributed by atoms with Crippen molar-refractivity contribution >= 4 is 12.0 Å². The second kappa shape index (κ2) is 5.34. The molecule has 1 aromatic carbocycles. The number of carbonyl (C=O) groups is 1. The van der Waals surface area contributed by atoms with Crippen LogP contribution in [0.3, 0.4) is 0 Å². The van der Waals surface area contributed by atoms with Crippen molar-refractivity contribution in [2.24, 2.45) is 0 Å². The molecule has 1 heterocycles. The van der Waals surface area contributed by atoms with Crippen LogP contribution in [0.2, 0.25) is 0 Å². The molecule has 0 amide bonds. The summed E-state index contributed by atoms with van der Waals surface area (Å²) in [5, 5.41) is 0. The largest absolute Gasteiger partial charge is 0.475 e. The fourth-order valence-electron chi connectivity index (χ4n) is 1.90. The van der Waals surface area contributed by atoms with Gasteiger partial charge in [0.2, 0.25) is 6.10 Å². The minimum atomic E-state index is -5.01. The van der Waals surface area contributed by atoms with Crippen molar-refractivity contribution in [1.82, 2.24) is 0 Å². The van der Waals surface area contributed by atoms with Crippen LogP contribution in [0.1, 0.15) is 18.9 Å². The number of halogens is 5. The van der Waals surface area contributed by atoms with Gasteiger partial charge in [-0.15, -0.1) is 0 Å². The van der Waals surface area contributed by atoms with Crippen LogP contribution in [0.5, 0.6) is 5.75 Å². The lowest BCUT2D eigenvalue weighted by molar-refractivity contribution is -0.187. The third kappa shape index (κ3) is 2.84. The highest BCUT2D eigenvalue weighted by Gasteiger charge is 2.49. The summed E-state index contributed by atoms with van der Waals surface area (Å²) in [7, 11) is 0.889. The topological polar surface area (TPSA) is 35.5 Å². The Morgan fingerprint density at radius 3 is 2.62 bits per heavy atom. The molecule has 0 radical (unpaired) electrons. The Bertz CT molecular complexity index is 634. The van der Waals surface area contributed by atoms with Crippen LogP contribution >= 0.6 is 0 Å². The molecule has 114 valence electrons. The summed E-state index contributed by atoms with van der Waals surface area (Å²) in [6, 6.07) is 3.11. The zero-order chi connectivity index (χ0) is 16.7. The minimum absolute atomic E-state index is 0.162. The fourth-order valence-corrected chi connectivity index (χ4v) is 1.90. The average Bonchev–Trinajstić information content (AvgIpc) is 2.42. The summed E-state index contributed by atoms with van der Waals surface area (Å²) in [5.41, 5.74) is -2.03. The van der Waals surface area contributed by atoms with Crippen molar-refractivity contribution in [3.63, 3.8) is 0 Å². The quantitative estimate of drug-likeness (QED) is 0.619. The van der Waals surface area contributed by atoms with Gasteiger partial charge in [-0.3, -0.25) is 0 Å². The number of rotatable bonds is 2. The van der Waals surface area contributed by atoms with Gasteiger partial charge in [-0.25, -0.2) is 13.6 Å². The molecule has 1 atom stereocenters. The van der Waals surface area contributed by atoms with Gasteiger partial charge in [-0.1, -0.05) is 12.1 Å². The van der Waals surface area contributed by atoms with E-state index in [9.17, 15) is 26.7 Å².